The second-order valence-corrected chi connectivity index (χ2v) is 5.76. The van der Waals surface area contributed by atoms with Crippen molar-refractivity contribution in [2.45, 2.75) is 44.5 Å². The molecule has 2 nitrogen and oxygen atoms in total. The number of nitrogens with zero attached hydrogens (tertiary/aromatic N) is 2. The van der Waals surface area contributed by atoms with E-state index in [0.29, 0.717) is 17.8 Å². The van der Waals surface area contributed by atoms with E-state index in [-0.39, 0.29) is 5.82 Å². The second kappa shape index (κ2) is 5.12. The number of imidazole rings is 1. The van der Waals surface area contributed by atoms with E-state index in [9.17, 15) is 4.39 Å². The average molecular weight is 281 g/mol. The van der Waals surface area contributed by atoms with Crippen LogP contribution in [0.4, 0.5) is 4.39 Å². The largest absolute Gasteiger partial charge is 0.323 e. The molecule has 19 heavy (non-hydrogen) atoms. The summed E-state index contributed by atoms with van der Waals surface area (Å²) in [7, 11) is 0. The molecule has 0 N–H and O–H groups in total. The summed E-state index contributed by atoms with van der Waals surface area (Å²) < 4.78 is 15.7. The van der Waals surface area contributed by atoms with E-state index in [4.69, 9.17) is 11.6 Å². The second-order valence-electron chi connectivity index (χ2n) is 5.49. The van der Waals surface area contributed by atoms with Gasteiger partial charge in [0.15, 0.2) is 0 Å². The molecule has 1 aliphatic carbocycles. The third-order valence-electron chi connectivity index (χ3n) is 4.24. The van der Waals surface area contributed by atoms with Gasteiger partial charge in [0.25, 0.3) is 0 Å². The van der Waals surface area contributed by atoms with Crippen LogP contribution in [0.25, 0.3) is 11.0 Å². The maximum absolute atomic E-state index is 13.5. The smallest absolute Gasteiger partial charge is 0.125 e. The zero-order chi connectivity index (χ0) is 13.4. The minimum absolute atomic E-state index is 0.210. The maximum atomic E-state index is 13.5. The monoisotopic (exact) mass is 280 g/mol. The molecule has 2 aromatic rings. The molecule has 1 aromatic heterocycles. The molecule has 1 aliphatic rings. The minimum atomic E-state index is -0.210. The van der Waals surface area contributed by atoms with Crippen LogP contribution >= 0.6 is 11.6 Å². The van der Waals surface area contributed by atoms with Crippen molar-refractivity contribution in [2.24, 2.45) is 5.92 Å². The number of aromatic nitrogens is 2. The molecule has 1 saturated carbocycles. The molecule has 1 aromatic carbocycles. The molecule has 1 heterocycles. The topological polar surface area (TPSA) is 17.8 Å². The standard InChI is InChI=1S/C15H18ClFN2/c1-10-4-2-3-5-13(10)19-14-8-11(17)6-7-12(14)18-15(19)9-16/h6-8,10,13H,2-5,9H2,1H3. The highest BCUT2D eigenvalue weighted by atomic mass is 35.5. The Morgan fingerprint density at radius 3 is 2.89 bits per heavy atom. The van der Waals surface area contributed by atoms with E-state index < -0.39 is 0 Å². The first-order valence-electron chi connectivity index (χ1n) is 6.93. The Labute approximate surface area is 117 Å². The van der Waals surface area contributed by atoms with Crippen molar-refractivity contribution in [3.63, 3.8) is 0 Å². The Morgan fingerprint density at radius 2 is 2.16 bits per heavy atom. The van der Waals surface area contributed by atoms with Gasteiger partial charge in [-0.05, 0) is 37.0 Å². The van der Waals surface area contributed by atoms with Crippen molar-refractivity contribution in [2.75, 3.05) is 0 Å². The van der Waals surface area contributed by atoms with E-state index in [1.165, 1.54) is 25.3 Å². The van der Waals surface area contributed by atoms with Gasteiger partial charge >= 0.3 is 0 Å². The molecule has 2 atom stereocenters. The average Bonchev–Trinajstić information content (AvgIpc) is 2.77. The van der Waals surface area contributed by atoms with Crippen molar-refractivity contribution < 1.29 is 4.39 Å². The maximum Gasteiger partial charge on any atom is 0.125 e. The van der Waals surface area contributed by atoms with Gasteiger partial charge in [-0.15, -0.1) is 11.6 Å². The summed E-state index contributed by atoms with van der Waals surface area (Å²) in [6, 6.07) is 5.18. The highest BCUT2D eigenvalue weighted by molar-refractivity contribution is 6.16. The lowest BCUT2D eigenvalue weighted by molar-refractivity contribution is 0.258. The van der Waals surface area contributed by atoms with Crippen LogP contribution in [0.3, 0.4) is 0 Å². The Balaban J connectivity index is 2.16. The van der Waals surface area contributed by atoms with Crippen LogP contribution in [0.1, 0.15) is 44.5 Å². The van der Waals surface area contributed by atoms with Gasteiger partial charge in [0.2, 0.25) is 0 Å². The van der Waals surface area contributed by atoms with Crippen LogP contribution in [0.15, 0.2) is 18.2 Å². The van der Waals surface area contributed by atoms with Crippen molar-refractivity contribution >= 4 is 22.6 Å². The van der Waals surface area contributed by atoms with Crippen LogP contribution in [-0.2, 0) is 5.88 Å². The van der Waals surface area contributed by atoms with Gasteiger partial charge in [0.1, 0.15) is 11.6 Å². The summed E-state index contributed by atoms with van der Waals surface area (Å²) in [5, 5.41) is 0. The first-order valence-corrected chi connectivity index (χ1v) is 7.46. The number of alkyl halides is 1. The molecular weight excluding hydrogens is 263 g/mol. The number of fused-ring (bicyclic) bond motifs is 1. The lowest BCUT2D eigenvalue weighted by Gasteiger charge is -2.31. The summed E-state index contributed by atoms with van der Waals surface area (Å²) >= 11 is 6.03. The highest BCUT2D eigenvalue weighted by Crippen LogP contribution is 2.37. The minimum Gasteiger partial charge on any atom is -0.323 e. The van der Waals surface area contributed by atoms with Gasteiger partial charge in [-0.1, -0.05) is 19.8 Å². The van der Waals surface area contributed by atoms with Gasteiger partial charge in [-0.3, -0.25) is 0 Å². The first-order chi connectivity index (χ1) is 9.20. The van der Waals surface area contributed by atoms with Crippen molar-refractivity contribution in [3.8, 4) is 0 Å². The molecule has 0 spiro atoms. The SMILES string of the molecule is CC1CCCCC1n1c(CCl)nc2ccc(F)cc21. The van der Waals surface area contributed by atoms with E-state index in [1.807, 2.05) is 0 Å². The quantitative estimate of drug-likeness (QED) is 0.731. The van der Waals surface area contributed by atoms with Crippen LogP contribution < -0.4 is 0 Å². The molecule has 0 bridgehead atoms. The van der Waals surface area contributed by atoms with Gasteiger partial charge < -0.3 is 4.57 Å². The molecule has 2 unspecified atom stereocenters. The molecule has 0 radical (unpaired) electrons. The van der Waals surface area contributed by atoms with Crippen molar-refractivity contribution in [1.29, 1.82) is 0 Å². The molecule has 1 fully saturated rings. The van der Waals surface area contributed by atoms with Gasteiger partial charge in [-0.2, -0.15) is 0 Å². The number of halogens is 2. The van der Waals surface area contributed by atoms with E-state index in [2.05, 4.69) is 16.5 Å². The van der Waals surface area contributed by atoms with Crippen LogP contribution in [-0.4, -0.2) is 9.55 Å². The van der Waals surface area contributed by atoms with E-state index in [1.54, 1.807) is 12.1 Å². The summed E-state index contributed by atoms with van der Waals surface area (Å²) in [4.78, 5) is 4.55. The molecule has 4 heteroatoms. The van der Waals surface area contributed by atoms with Gasteiger partial charge in [0, 0.05) is 6.04 Å². The lowest BCUT2D eigenvalue weighted by atomic mass is 9.85. The fourth-order valence-electron chi connectivity index (χ4n) is 3.26. The fraction of sp³-hybridized carbons (Fsp3) is 0.533. The third-order valence-corrected chi connectivity index (χ3v) is 4.48. The first kappa shape index (κ1) is 12.9. The molecular formula is C15H18ClFN2. The number of hydrogen-bond acceptors (Lipinski definition) is 1. The Morgan fingerprint density at radius 1 is 1.37 bits per heavy atom. The molecule has 0 aliphatic heterocycles. The van der Waals surface area contributed by atoms with Gasteiger partial charge in [0.05, 0.1) is 16.9 Å². The molecule has 3 rings (SSSR count). The van der Waals surface area contributed by atoms with Crippen LogP contribution in [0.2, 0.25) is 0 Å². The normalized spacial score (nSPS) is 23.9. The Hall–Kier alpha value is -1.09. The highest BCUT2D eigenvalue weighted by Gasteiger charge is 2.26. The van der Waals surface area contributed by atoms with Gasteiger partial charge in [-0.25, -0.2) is 9.37 Å². The summed E-state index contributed by atoms with van der Waals surface area (Å²) in [6.07, 6.45) is 4.87. The Bertz CT molecular complexity index is 593. The third kappa shape index (κ3) is 2.25. The number of benzene rings is 1. The number of rotatable bonds is 2. The predicted molar refractivity (Wildman–Crippen MR) is 75.9 cm³/mol. The van der Waals surface area contributed by atoms with Crippen molar-refractivity contribution in [3.05, 3.63) is 29.8 Å². The fourth-order valence-corrected chi connectivity index (χ4v) is 3.45. The van der Waals surface area contributed by atoms with E-state index >= 15 is 0 Å². The Kier molecular flexibility index (Phi) is 3.48. The van der Waals surface area contributed by atoms with Crippen LogP contribution in [0.5, 0.6) is 0 Å². The van der Waals surface area contributed by atoms with E-state index in [0.717, 1.165) is 23.3 Å². The summed E-state index contributed by atoms with van der Waals surface area (Å²) in [6.45, 7) is 2.27. The summed E-state index contributed by atoms with van der Waals surface area (Å²) in [5.41, 5.74) is 1.73. The lowest BCUT2D eigenvalue weighted by Crippen LogP contribution is -2.22. The zero-order valence-corrected chi connectivity index (χ0v) is 11.8. The summed E-state index contributed by atoms with van der Waals surface area (Å²) in [5.74, 6) is 1.62. The van der Waals surface area contributed by atoms with Crippen molar-refractivity contribution in [1.82, 2.24) is 9.55 Å². The van der Waals surface area contributed by atoms with Crippen LogP contribution in [0, 0.1) is 11.7 Å². The number of hydrogen-bond donors (Lipinski definition) is 0. The predicted octanol–water partition coefficient (Wildman–Crippen LogP) is 4.67. The molecule has 0 saturated heterocycles. The zero-order valence-electron chi connectivity index (χ0n) is 11.1. The molecule has 0 amide bonds. The molecule has 102 valence electrons.